The van der Waals surface area contributed by atoms with Gasteiger partial charge in [0.15, 0.2) is 0 Å². The minimum Gasteiger partial charge on any atom is -0.423 e. The Bertz CT molecular complexity index is 319. The molecule has 13 heavy (non-hydrogen) atoms. The van der Waals surface area contributed by atoms with E-state index in [1.54, 1.807) is 12.1 Å². The second-order valence-electron chi connectivity index (χ2n) is 3.22. The minimum absolute atomic E-state index is 0.545. The monoisotopic (exact) mass is 172 g/mol. The molecule has 0 bridgehead atoms. The van der Waals surface area contributed by atoms with Gasteiger partial charge in [-0.1, -0.05) is 30.3 Å². The lowest BCUT2D eigenvalue weighted by atomic mass is 9.73. The molecule has 1 aromatic rings. The lowest BCUT2D eigenvalue weighted by molar-refractivity contribution is 0.425. The van der Waals surface area contributed by atoms with E-state index in [0.29, 0.717) is 5.46 Å². The third-order valence-electron chi connectivity index (χ3n) is 1.72. The first-order valence-electron chi connectivity index (χ1n) is 4.21. The maximum Gasteiger partial charge on any atom is 0.489 e. The van der Waals surface area contributed by atoms with Gasteiger partial charge in [0.05, 0.1) is 0 Å². The van der Waals surface area contributed by atoms with Crippen LogP contribution in [0.5, 0.6) is 0 Å². The zero-order valence-corrected chi connectivity index (χ0v) is 7.86. The first-order valence-corrected chi connectivity index (χ1v) is 4.21. The Morgan fingerprint density at radius 2 is 1.85 bits per heavy atom. The Labute approximate surface area is 80.3 Å². The van der Waals surface area contributed by atoms with Gasteiger partial charge in [0, 0.05) is 0 Å². The molecule has 0 atom stereocenters. The van der Waals surface area contributed by atoms with E-state index in [1.807, 2.05) is 33.9 Å². The molecule has 64 valence electrons. The first kappa shape index (κ1) is 10.2. The molecule has 0 aliphatic carbocycles. The van der Waals surface area contributed by atoms with Gasteiger partial charge in [-0.25, -0.2) is 0 Å². The molecular formula is C8H11B3O2. The largest absolute Gasteiger partial charge is 0.489 e. The highest BCUT2D eigenvalue weighted by molar-refractivity contribution is 6.60. The Hall–Kier alpha value is -0.925. The van der Waals surface area contributed by atoms with Crippen LogP contribution in [0.1, 0.15) is 5.56 Å². The van der Waals surface area contributed by atoms with Crippen molar-refractivity contribution in [3.05, 3.63) is 35.2 Å². The summed E-state index contributed by atoms with van der Waals surface area (Å²) in [6.45, 7) is 0. The highest BCUT2D eigenvalue weighted by Gasteiger charge is 2.13. The summed E-state index contributed by atoms with van der Waals surface area (Å²) in [4.78, 5) is 0. The van der Waals surface area contributed by atoms with Crippen molar-refractivity contribution in [3.63, 3.8) is 0 Å². The van der Waals surface area contributed by atoms with Crippen LogP contribution in [0.3, 0.4) is 0 Å². The molecule has 0 aliphatic heterocycles. The fourth-order valence-corrected chi connectivity index (χ4v) is 1.19. The Kier molecular flexibility index (Phi) is 3.40. The molecule has 0 aromatic heterocycles. The van der Waals surface area contributed by atoms with Gasteiger partial charge in [0.25, 0.3) is 0 Å². The van der Waals surface area contributed by atoms with Crippen molar-refractivity contribution in [2.24, 2.45) is 0 Å². The van der Waals surface area contributed by atoms with E-state index in [1.165, 1.54) is 0 Å². The van der Waals surface area contributed by atoms with Crippen LogP contribution >= 0.6 is 0 Å². The third kappa shape index (κ3) is 2.79. The molecule has 1 aromatic carbocycles. The molecule has 0 radical (unpaired) electrons. The molecule has 0 fully saturated rings. The van der Waals surface area contributed by atoms with Crippen molar-refractivity contribution in [1.82, 2.24) is 0 Å². The van der Waals surface area contributed by atoms with Crippen LogP contribution in [0.4, 0.5) is 0 Å². The molecule has 0 saturated carbocycles. The number of hydrogen-bond acceptors (Lipinski definition) is 2. The standard InChI is InChI=1S/C8H11B3O2/c9-8(10)5-6-3-1-2-4-7(6)11(12)13/h1-5,12-13H,9-10H2. The smallest absolute Gasteiger partial charge is 0.423 e. The highest BCUT2D eigenvalue weighted by Crippen LogP contribution is 2.01. The summed E-state index contributed by atoms with van der Waals surface area (Å²) >= 11 is 0. The minimum atomic E-state index is -1.40. The fraction of sp³-hybridized carbons (Fsp3) is 0. The van der Waals surface area contributed by atoms with Gasteiger partial charge in [0.2, 0.25) is 0 Å². The van der Waals surface area contributed by atoms with Crippen LogP contribution < -0.4 is 5.46 Å². The van der Waals surface area contributed by atoms with Gasteiger partial charge >= 0.3 is 7.12 Å². The first-order chi connectivity index (χ1) is 6.11. The van der Waals surface area contributed by atoms with Crippen molar-refractivity contribution >= 4 is 34.3 Å². The van der Waals surface area contributed by atoms with E-state index in [2.05, 4.69) is 0 Å². The van der Waals surface area contributed by atoms with E-state index in [-0.39, 0.29) is 0 Å². The molecule has 0 saturated heterocycles. The average molecular weight is 172 g/mol. The summed E-state index contributed by atoms with van der Waals surface area (Å²) in [5.41, 5.74) is 1.40. The molecule has 5 heteroatoms. The summed E-state index contributed by atoms with van der Waals surface area (Å²) in [7, 11) is 2.55. The van der Waals surface area contributed by atoms with E-state index in [9.17, 15) is 0 Å². The van der Waals surface area contributed by atoms with E-state index < -0.39 is 7.12 Å². The fourth-order valence-electron chi connectivity index (χ4n) is 1.19. The third-order valence-corrected chi connectivity index (χ3v) is 1.72. The van der Waals surface area contributed by atoms with Crippen molar-refractivity contribution in [2.45, 2.75) is 0 Å². The zero-order valence-electron chi connectivity index (χ0n) is 7.86. The van der Waals surface area contributed by atoms with Crippen LogP contribution in [-0.2, 0) is 0 Å². The van der Waals surface area contributed by atoms with Gasteiger partial charge < -0.3 is 10.0 Å². The van der Waals surface area contributed by atoms with Crippen LogP contribution in [0.2, 0.25) is 0 Å². The second kappa shape index (κ2) is 4.35. The maximum atomic E-state index is 9.04. The average Bonchev–Trinajstić information content (AvgIpc) is 2.03. The Balaban J connectivity index is 3.12. The quantitative estimate of drug-likeness (QED) is 0.502. The second-order valence-corrected chi connectivity index (χ2v) is 3.22. The lowest BCUT2D eigenvalue weighted by Crippen LogP contribution is -2.31. The summed E-state index contributed by atoms with van der Waals surface area (Å²) in [5, 5.41) is 19.2. The lowest BCUT2D eigenvalue weighted by Gasteiger charge is -2.04. The maximum absolute atomic E-state index is 9.04. The van der Waals surface area contributed by atoms with Crippen LogP contribution in [0.15, 0.2) is 29.6 Å². The SMILES string of the molecule is BC(B)=Cc1ccccc1B(O)O. The molecule has 0 heterocycles. The summed E-state index contributed by atoms with van der Waals surface area (Å²) in [6, 6.07) is 7.24. The van der Waals surface area contributed by atoms with Crippen molar-refractivity contribution in [3.8, 4) is 0 Å². The van der Waals surface area contributed by atoms with Crippen molar-refractivity contribution in [1.29, 1.82) is 0 Å². The van der Waals surface area contributed by atoms with E-state index in [0.717, 1.165) is 10.9 Å². The normalized spacial score (nSPS) is 9.38. The Morgan fingerprint density at radius 1 is 1.23 bits per heavy atom. The van der Waals surface area contributed by atoms with Gasteiger partial charge in [-0.2, -0.15) is 0 Å². The predicted molar refractivity (Wildman–Crippen MR) is 61.3 cm³/mol. The molecule has 0 spiro atoms. The highest BCUT2D eigenvalue weighted by atomic mass is 16.4. The van der Waals surface area contributed by atoms with Crippen LogP contribution in [0.25, 0.3) is 6.08 Å². The van der Waals surface area contributed by atoms with Crippen LogP contribution in [0, 0.1) is 0 Å². The van der Waals surface area contributed by atoms with Gasteiger partial charge in [0.1, 0.15) is 15.7 Å². The molecule has 2 nitrogen and oxygen atoms in total. The summed E-state index contributed by atoms with van der Waals surface area (Å²) in [6.07, 6.45) is 1.93. The topological polar surface area (TPSA) is 40.5 Å². The van der Waals surface area contributed by atoms with Gasteiger partial charge in [-0.05, 0) is 11.0 Å². The van der Waals surface area contributed by atoms with Gasteiger partial charge in [-0.15, -0.1) is 5.37 Å². The van der Waals surface area contributed by atoms with Gasteiger partial charge in [-0.3, -0.25) is 0 Å². The van der Waals surface area contributed by atoms with E-state index >= 15 is 0 Å². The van der Waals surface area contributed by atoms with E-state index in [4.69, 9.17) is 10.0 Å². The van der Waals surface area contributed by atoms with Crippen molar-refractivity contribution in [2.75, 3.05) is 0 Å². The molecule has 0 amide bonds. The molecule has 1 rings (SSSR count). The number of hydrogen-bond donors (Lipinski definition) is 2. The van der Waals surface area contributed by atoms with Crippen molar-refractivity contribution < 1.29 is 10.0 Å². The predicted octanol–water partition coefficient (Wildman–Crippen LogP) is -2.07. The zero-order chi connectivity index (χ0) is 9.84. The van der Waals surface area contributed by atoms with Crippen LogP contribution in [-0.4, -0.2) is 32.9 Å². The molecule has 0 unspecified atom stereocenters. The Morgan fingerprint density at radius 3 is 2.38 bits per heavy atom. The summed E-state index contributed by atoms with van der Waals surface area (Å²) < 4.78 is 0. The summed E-state index contributed by atoms with van der Waals surface area (Å²) in [5.74, 6) is 0. The number of benzene rings is 1. The molecule has 0 aliphatic rings. The molecular weight excluding hydrogens is 161 g/mol. The molecule has 2 N–H and O–H groups in total. The number of rotatable bonds is 2.